The van der Waals surface area contributed by atoms with Gasteiger partial charge in [-0.2, -0.15) is 0 Å². The first-order chi connectivity index (χ1) is 7.50. The molecule has 0 aromatic rings. The molecule has 1 aliphatic rings. The number of allylic oxidation sites excluding steroid dienone is 5. The number of hydrogen-bond acceptors (Lipinski definition) is 0. The minimum absolute atomic E-state index is 0.853. The zero-order chi connectivity index (χ0) is 10.6. The maximum absolute atomic E-state index is 2.41. The molecule has 0 aliphatic carbocycles. The summed E-state index contributed by atoms with van der Waals surface area (Å²) in [7, 11) is 0. The van der Waals surface area contributed by atoms with E-state index in [1.165, 1.54) is 18.2 Å². The third kappa shape index (κ3) is 11.2. The fraction of sp³-hybridized carbons (Fsp3) is 0.333. The molecule has 0 nitrogen and oxygen atoms in total. The number of hydrogen-bond donors (Lipinski definition) is 0. The zero-order valence-corrected chi connectivity index (χ0v) is 18.3. The quantitative estimate of drug-likeness (QED) is 0.362. The van der Waals surface area contributed by atoms with Crippen molar-refractivity contribution in [2.75, 3.05) is 0 Å². The van der Waals surface area contributed by atoms with Crippen molar-refractivity contribution in [1.29, 1.82) is 0 Å². The minimum atomic E-state index is 0.853. The third-order valence-electron chi connectivity index (χ3n) is 1.37. The molecular formula is C9H12Se6. The second kappa shape index (κ2) is 12.8. The molecule has 0 unspecified atom stereocenters. The van der Waals surface area contributed by atoms with Gasteiger partial charge in [0.15, 0.2) is 0 Å². The van der Waals surface area contributed by atoms with E-state index in [2.05, 4.69) is 35.4 Å². The predicted octanol–water partition coefficient (Wildman–Crippen LogP) is 0.625. The first-order valence-corrected chi connectivity index (χ1v) is 28.3. The third-order valence-corrected chi connectivity index (χ3v) is 78.8. The van der Waals surface area contributed by atoms with Gasteiger partial charge in [0.1, 0.15) is 0 Å². The Morgan fingerprint density at radius 2 is 1.67 bits per heavy atom. The Balaban J connectivity index is 2.25. The molecule has 0 saturated carbocycles. The molecule has 0 amide bonds. The Morgan fingerprint density at radius 3 is 2.67 bits per heavy atom. The topological polar surface area (TPSA) is 0 Å². The van der Waals surface area contributed by atoms with Gasteiger partial charge in [0, 0.05) is 0 Å². The molecule has 0 aromatic heterocycles. The van der Waals surface area contributed by atoms with Gasteiger partial charge in [0.2, 0.25) is 0 Å². The van der Waals surface area contributed by atoms with E-state index in [0.29, 0.717) is 0 Å². The maximum atomic E-state index is 2.41. The molecule has 1 rings (SSSR count). The monoisotopic (exact) mass is 600 g/mol. The molecule has 1 heterocycles. The molecule has 0 fully saturated rings. The molecule has 84 valence electrons. The summed E-state index contributed by atoms with van der Waals surface area (Å²) in [4.78, 5) is 2.41. The standard InChI is InChI=1S/C9H12Se6/c1-2-4-6-8-10-12-14-15-13-11-9-7-5-3-1/h1-4,6,8H,5,7,9H2/b3-1+,4-2-,8-6+. The van der Waals surface area contributed by atoms with Crippen LogP contribution in [0.4, 0.5) is 0 Å². The van der Waals surface area contributed by atoms with Crippen LogP contribution in [-0.2, 0) is 0 Å². The van der Waals surface area contributed by atoms with Crippen molar-refractivity contribution in [2.45, 2.75) is 18.2 Å². The van der Waals surface area contributed by atoms with Crippen LogP contribution in [0.2, 0.25) is 5.32 Å². The van der Waals surface area contributed by atoms with E-state index >= 15 is 0 Å². The summed E-state index contributed by atoms with van der Waals surface area (Å²) in [6.07, 6.45) is 13.8. The normalized spacial score (nSPS) is 27.2. The molecule has 0 radical (unpaired) electrons. The molecule has 15 heavy (non-hydrogen) atoms. The van der Waals surface area contributed by atoms with Gasteiger partial charge in [-0.3, -0.25) is 0 Å². The van der Waals surface area contributed by atoms with Crippen molar-refractivity contribution in [1.82, 2.24) is 0 Å². The van der Waals surface area contributed by atoms with E-state index < -0.39 is 0 Å². The first kappa shape index (κ1) is 15.4. The summed E-state index contributed by atoms with van der Waals surface area (Å²) in [5.41, 5.74) is 0. The Hall–Kier alpha value is 2.34. The first-order valence-electron chi connectivity index (χ1n) is 4.43. The van der Waals surface area contributed by atoms with Crippen LogP contribution >= 0.6 is 0 Å². The summed E-state index contributed by atoms with van der Waals surface area (Å²) in [6.45, 7) is 0. The molecular weight excluding hydrogens is 582 g/mol. The Bertz CT molecular complexity index is 201. The van der Waals surface area contributed by atoms with Crippen molar-refractivity contribution < 1.29 is 0 Å². The van der Waals surface area contributed by atoms with Crippen LogP contribution in [0.25, 0.3) is 0 Å². The van der Waals surface area contributed by atoms with Crippen molar-refractivity contribution in [2.24, 2.45) is 0 Å². The fourth-order valence-electron chi connectivity index (χ4n) is 0.756. The van der Waals surface area contributed by atoms with Gasteiger partial charge in [0.05, 0.1) is 0 Å². The molecule has 0 saturated heterocycles. The fourth-order valence-corrected chi connectivity index (χ4v) is 123. The molecule has 0 atom stereocenters. The van der Waals surface area contributed by atoms with Gasteiger partial charge in [0.25, 0.3) is 0 Å². The van der Waals surface area contributed by atoms with Gasteiger partial charge in [-0.1, -0.05) is 0 Å². The molecule has 0 bridgehead atoms. The summed E-state index contributed by atoms with van der Waals surface area (Å²) in [5, 5.41) is 1.54. The predicted molar refractivity (Wildman–Crippen MR) is 76.0 cm³/mol. The van der Waals surface area contributed by atoms with Crippen molar-refractivity contribution >= 4 is 71.5 Å². The van der Waals surface area contributed by atoms with E-state index in [1.54, 1.807) is 0 Å². The Labute approximate surface area is 123 Å². The Kier molecular flexibility index (Phi) is 13.1. The molecule has 6 heteroatoms. The van der Waals surface area contributed by atoms with Gasteiger partial charge in [-0.05, 0) is 0 Å². The molecule has 0 aromatic carbocycles. The molecule has 0 spiro atoms. The summed E-state index contributed by atoms with van der Waals surface area (Å²) < 4.78 is 0. The zero-order valence-electron chi connectivity index (χ0n) is 8.03. The van der Waals surface area contributed by atoms with Crippen LogP contribution in [0.1, 0.15) is 12.8 Å². The van der Waals surface area contributed by atoms with Gasteiger partial charge in [-0.25, -0.2) is 0 Å². The summed E-state index contributed by atoms with van der Waals surface area (Å²) >= 11 is 6.22. The van der Waals surface area contributed by atoms with Crippen molar-refractivity contribution in [3.8, 4) is 0 Å². The van der Waals surface area contributed by atoms with E-state index in [1.807, 2.05) is 0 Å². The van der Waals surface area contributed by atoms with Crippen LogP contribution in [0, 0.1) is 0 Å². The number of rotatable bonds is 0. The van der Waals surface area contributed by atoms with Crippen molar-refractivity contribution in [3.63, 3.8) is 0 Å². The Morgan fingerprint density at radius 1 is 0.800 bits per heavy atom. The molecule has 0 N–H and O–H groups in total. The SMILES string of the molecule is C1=C\C=C\[Se][Se][Se][Se][Se][Se]CCC/C=C/1. The van der Waals surface area contributed by atoms with E-state index in [9.17, 15) is 0 Å². The van der Waals surface area contributed by atoms with Gasteiger partial charge >= 0.3 is 125 Å². The van der Waals surface area contributed by atoms with Gasteiger partial charge < -0.3 is 0 Å². The van der Waals surface area contributed by atoms with Crippen LogP contribution in [-0.4, -0.2) is 71.5 Å². The second-order valence-electron chi connectivity index (χ2n) is 2.47. The van der Waals surface area contributed by atoms with Crippen LogP contribution < -0.4 is 0 Å². The summed E-state index contributed by atoms with van der Waals surface area (Å²) in [5.74, 6) is 0. The van der Waals surface area contributed by atoms with E-state index in [0.717, 1.165) is 71.5 Å². The summed E-state index contributed by atoms with van der Waals surface area (Å²) in [6, 6.07) is 0. The second-order valence-corrected chi connectivity index (χ2v) is 47.4. The average Bonchev–Trinajstić information content (AvgIpc) is 2.27. The van der Waals surface area contributed by atoms with Gasteiger partial charge in [-0.15, -0.1) is 0 Å². The molecule has 1 aliphatic heterocycles. The van der Waals surface area contributed by atoms with Crippen LogP contribution in [0.15, 0.2) is 35.4 Å². The van der Waals surface area contributed by atoms with E-state index in [-0.39, 0.29) is 0 Å². The van der Waals surface area contributed by atoms with E-state index in [4.69, 9.17) is 0 Å². The van der Waals surface area contributed by atoms with Crippen molar-refractivity contribution in [3.05, 3.63) is 35.4 Å². The van der Waals surface area contributed by atoms with Crippen LogP contribution in [0.5, 0.6) is 0 Å². The van der Waals surface area contributed by atoms with Crippen LogP contribution in [0.3, 0.4) is 0 Å². The average molecular weight is 594 g/mol.